The van der Waals surface area contributed by atoms with Crippen LogP contribution < -0.4 is 0 Å². The number of hydrogen-bond donors (Lipinski definition) is 0. The van der Waals surface area contributed by atoms with Gasteiger partial charge in [-0.1, -0.05) is 28.1 Å². The van der Waals surface area contributed by atoms with Gasteiger partial charge in [-0.05, 0) is 25.1 Å². The molecule has 0 saturated carbocycles. The molecule has 0 saturated heterocycles. The van der Waals surface area contributed by atoms with Gasteiger partial charge in [0.25, 0.3) is 11.8 Å². The van der Waals surface area contributed by atoms with Crippen molar-refractivity contribution in [2.45, 2.75) is 11.8 Å². The third kappa shape index (κ3) is 1.85. The molecule has 3 rings (SSSR count). The van der Waals surface area contributed by atoms with E-state index in [1.807, 2.05) is 13.0 Å². The van der Waals surface area contributed by atoms with Crippen LogP contribution in [0.15, 0.2) is 41.0 Å². The van der Waals surface area contributed by atoms with Crippen molar-refractivity contribution in [3.05, 3.63) is 47.2 Å². The zero-order valence-electron chi connectivity index (χ0n) is 10.3. The second kappa shape index (κ2) is 4.42. The molecule has 2 heterocycles. The molecule has 2 aliphatic heterocycles. The van der Waals surface area contributed by atoms with Crippen molar-refractivity contribution < 1.29 is 9.59 Å². The Labute approximate surface area is 118 Å². The van der Waals surface area contributed by atoms with Crippen LogP contribution in [0.25, 0.3) is 0 Å². The van der Waals surface area contributed by atoms with E-state index in [-0.39, 0.29) is 16.6 Å². The first-order chi connectivity index (χ1) is 9.09. The van der Waals surface area contributed by atoms with Gasteiger partial charge in [-0.2, -0.15) is 0 Å². The average molecular weight is 319 g/mol. The summed E-state index contributed by atoms with van der Waals surface area (Å²) in [5.74, 6) is -0.525. The topological polar surface area (TPSA) is 49.7 Å². The highest BCUT2D eigenvalue weighted by Crippen LogP contribution is 2.28. The molecule has 0 radical (unpaired) electrons. The number of alkyl halides is 1. The number of nitrogens with zero attached hydrogens (tertiary/aromatic N) is 2. The molecular weight excluding hydrogens is 308 g/mol. The van der Waals surface area contributed by atoms with E-state index in [2.05, 4.69) is 20.9 Å². The molecule has 0 fully saturated rings. The number of carbonyl (C=O) groups is 2. The van der Waals surface area contributed by atoms with Gasteiger partial charge < -0.3 is 0 Å². The number of amides is 2. The number of allylic oxidation sites excluding steroid dienone is 1. The van der Waals surface area contributed by atoms with Crippen LogP contribution in [-0.4, -0.2) is 33.8 Å². The number of aliphatic imine (C=N–C) groups is 1. The maximum absolute atomic E-state index is 12.3. The molecule has 1 aromatic rings. The minimum Gasteiger partial charge on any atom is -0.287 e. The predicted octanol–water partition coefficient (Wildman–Crippen LogP) is 2.40. The van der Waals surface area contributed by atoms with Gasteiger partial charge in [0.1, 0.15) is 0 Å². The standard InChI is InChI=1S/C14H11BrN2O2/c1-8-12(15)6-9(7-16-8)17-13(18)10-4-2-3-5-11(10)14(17)19/h2-6,12H,7H2,1H3. The Morgan fingerprint density at radius 1 is 1.21 bits per heavy atom. The van der Waals surface area contributed by atoms with Gasteiger partial charge in [0.05, 0.1) is 22.5 Å². The minimum absolute atomic E-state index is 0.0273. The number of dihydropyridines is 1. The number of benzene rings is 1. The lowest BCUT2D eigenvalue weighted by molar-refractivity contribution is 0.0702. The summed E-state index contributed by atoms with van der Waals surface area (Å²) >= 11 is 3.46. The van der Waals surface area contributed by atoms with Crippen molar-refractivity contribution in [1.29, 1.82) is 0 Å². The molecule has 1 unspecified atom stereocenters. The third-order valence-corrected chi connectivity index (χ3v) is 4.24. The summed E-state index contributed by atoms with van der Waals surface area (Å²) in [5.41, 5.74) is 2.51. The highest BCUT2D eigenvalue weighted by Gasteiger charge is 2.38. The lowest BCUT2D eigenvalue weighted by atomic mass is 10.1. The van der Waals surface area contributed by atoms with Gasteiger partial charge in [-0.15, -0.1) is 0 Å². The summed E-state index contributed by atoms with van der Waals surface area (Å²) < 4.78 is 0. The fourth-order valence-corrected chi connectivity index (χ4v) is 2.68. The Kier molecular flexibility index (Phi) is 2.86. The summed E-state index contributed by atoms with van der Waals surface area (Å²) in [6.45, 7) is 2.27. The molecule has 0 aromatic heterocycles. The van der Waals surface area contributed by atoms with Gasteiger partial charge in [0.15, 0.2) is 0 Å². The van der Waals surface area contributed by atoms with E-state index in [4.69, 9.17) is 0 Å². The first kappa shape index (κ1) is 12.3. The largest absolute Gasteiger partial charge is 0.287 e. The lowest BCUT2D eigenvalue weighted by Gasteiger charge is -2.21. The van der Waals surface area contributed by atoms with Crippen LogP contribution in [-0.2, 0) is 0 Å². The fourth-order valence-electron chi connectivity index (χ4n) is 2.23. The molecule has 1 atom stereocenters. The lowest BCUT2D eigenvalue weighted by Crippen LogP contribution is -2.33. The van der Waals surface area contributed by atoms with Crippen molar-refractivity contribution in [3.8, 4) is 0 Å². The fraction of sp³-hybridized carbons (Fsp3) is 0.214. The zero-order chi connectivity index (χ0) is 13.6. The van der Waals surface area contributed by atoms with Crippen molar-refractivity contribution in [2.24, 2.45) is 4.99 Å². The molecule has 4 nitrogen and oxygen atoms in total. The van der Waals surface area contributed by atoms with Crippen molar-refractivity contribution in [3.63, 3.8) is 0 Å². The van der Waals surface area contributed by atoms with Crippen molar-refractivity contribution in [2.75, 3.05) is 6.54 Å². The number of rotatable bonds is 1. The molecule has 0 bridgehead atoms. The van der Waals surface area contributed by atoms with Gasteiger partial charge in [0, 0.05) is 11.4 Å². The summed E-state index contributed by atoms with van der Waals surface area (Å²) in [6, 6.07) is 6.88. The molecule has 2 aliphatic rings. The maximum atomic E-state index is 12.3. The molecule has 0 N–H and O–H groups in total. The van der Waals surface area contributed by atoms with Gasteiger partial charge in [-0.3, -0.25) is 14.6 Å². The van der Waals surface area contributed by atoms with Crippen LogP contribution >= 0.6 is 15.9 Å². The van der Waals surface area contributed by atoms with Crippen LogP contribution in [0.4, 0.5) is 0 Å². The van der Waals surface area contributed by atoms with E-state index in [0.29, 0.717) is 23.4 Å². The molecular formula is C14H11BrN2O2. The molecule has 1 aromatic carbocycles. The maximum Gasteiger partial charge on any atom is 0.265 e. The number of hydrogen-bond acceptors (Lipinski definition) is 3. The van der Waals surface area contributed by atoms with Crippen LogP contribution in [0, 0.1) is 0 Å². The highest BCUT2D eigenvalue weighted by molar-refractivity contribution is 9.10. The molecule has 0 aliphatic carbocycles. The molecule has 5 heteroatoms. The predicted molar refractivity (Wildman–Crippen MR) is 75.7 cm³/mol. The Morgan fingerprint density at radius 3 is 2.32 bits per heavy atom. The van der Waals surface area contributed by atoms with E-state index in [0.717, 1.165) is 5.71 Å². The second-order valence-electron chi connectivity index (χ2n) is 4.51. The summed E-state index contributed by atoms with van der Waals surface area (Å²) in [4.78, 5) is 30.1. The van der Waals surface area contributed by atoms with Crippen LogP contribution in [0.1, 0.15) is 27.6 Å². The summed E-state index contributed by atoms with van der Waals surface area (Å²) in [5, 5.41) is 0. The van der Waals surface area contributed by atoms with Crippen LogP contribution in [0.2, 0.25) is 0 Å². The SMILES string of the molecule is CC1=NCC(N2C(=O)c3ccccc3C2=O)=CC1Br. The van der Waals surface area contributed by atoms with E-state index < -0.39 is 0 Å². The number of fused-ring (bicyclic) bond motifs is 1. The zero-order valence-corrected chi connectivity index (χ0v) is 11.8. The van der Waals surface area contributed by atoms with Gasteiger partial charge >= 0.3 is 0 Å². The van der Waals surface area contributed by atoms with E-state index in [9.17, 15) is 9.59 Å². The number of halogens is 1. The quantitative estimate of drug-likeness (QED) is 0.589. The molecule has 2 amide bonds. The average Bonchev–Trinajstić information content (AvgIpc) is 2.66. The Morgan fingerprint density at radius 2 is 1.79 bits per heavy atom. The molecule has 19 heavy (non-hydrogen) atoms. The van der Waals surface area contributed by atoms with Crippen LogP contribution in [0.3, 0.4) is 0 Å². The summed E-state index contributed by atoms with van der Waals surface area (Å²) in [6.07, 6.45) is 1.87. The monoisotopic (exact) mass is 318 g/mol. The van der Waals surface area contributed by atoms with E-state index in [1.54, 1.807) is 24.3 Å². The van der Waals surface area contributed by atoms with Crippen molar-refractivity contribution >= 4 is 33.5 Å². The van der Waals surface area contributed by atoms with Crippen LogP contribution in [0.5, 0.6) is 0 Å². The first-order valence-corrected chi connectivity index (χ1v) is 6.84. The number of imide groups is 1. The highest BCUT2D eigenvalue weighted by atomic mass is 79.9. The Hall–Kier alpha value is -1.75. The number of carbonyl (C=O) groups excluding carboxylic acids is 2. The molecule has 96 valence electrons. The third-order valence-electron chi connectivity index (χ3n) is 3.31. The molecule has 0 spiro atoms. The van der Waals surface area contributed by atoms with E-state index >= 15 is 0 Å². The van der Waals surface area contributed by atoms with Gasteiger partial charge in [0.2, 0.25) is 0 Å². The Balaban J connectivity index is 2.00. The second-order valence-corrected chi connectivity index (χ2v) is 5.50. The van der Waals surface area contributed by atoms with Gasteiger partial charge in [-0.25, -0.2) is 4.90 Å². The first-order valence-electron chi connectivity index (χ1n) is 5.93. The van der Waals surface area contributed by atoms with E-state index in [1.165, 1.54) is 4.90 Å². The smallest absolute Gasteiger partial charge is 0.265 e. The van der Waals surface area contributed by atoms with Crippen molar-refractivity contribution in [1.82, 2.24) is 4.90 Å². The normalized spacial score (nSPS) is 22.2. The minimum atomic E-state index is -0.263. The Bertz CT molecular complexity index is 614. The summed E-state index contributed by atoms with van der Waals surface area (Å²) in [7, 11) is 0.